The predicted molar refractivity (Wildman–Crippen MR) is 154 cm³/mol. The fraction of sp³-hybridized carbons (Fsp3) is 0.310. The highest BCUT2D eigenvalue weighted by atomic mass is 32.1. The van der Waals surface area contributed by atoms with Crippen molar-refractivity contribution in [1.29, 1.82) is 5.26 Å². The number of carbonyl (C=O) groups excluding carboxylic acids is 2. The van der Waals surface area contributed by atoms with E-state index in [0.717, 1.165) is 11.3 Å². The maximum Gasteiger partial charge on any atom is 0.270 e. The maximum absolute atomic E-state index is 13.1. The van der Waals surface area contributed by atoms with Crippen molar-refractivity contribution in [3.8, 4) is 6.07 Å². The lowest BCUT2D eigenvalue weighted by molar-refractivity contribution is -0.123. The Morgan fingerprint density at radius 2 is 1.79 bits per heavy atom. The smallest absolute Gasteiger partial charge is 0.270 e. The van der Waals surface area contributed by atoms with E-state index in [-0.39, 0.29) is 28.2 Å². The van der Waals surface area contributed by atoms with Crippen LogP contribution < -0.4 is 30.7 Å². The van der Waals surface area contributed by atoms with Crippen molar-refractivity contribution in [2.45, 2.75) is 53.3 Å². The maximum atomic E-state index is 13.1. The van der Waals surface area contributed by atoms with Gasteiger partial charge in [0.2, 0.25) is 5.91 Å². The van der Waals surface area contributed by atoms with Gasteiger partial charge in [0.15, 0.2) is 5.57 Å². The number of aliphatic hydroxyl groups is 1. The summed E-state index contributed by atoms with van der Waals surface area (Å²) >= 11 is 1.02. The second-order valence-electron chi connectivity index (χ2n) is 10.00. The van der Waals surface area contributed by atoms with E-state index in [1.807, 2.05) is 32.9 Å². The van der Waals surface area contributed by atoms with Crippen molar-refractivity contribution in [3.05, 3.63) is 79.7 Å². The molecule has 0 aliphatic rings. The van der Waals surface area contributed by atoms with Crippen LogP contribution in [0.2, 0.25) is 0 Å². The quantitative estimate of drug-likeness (QED) is 0.342. The highest BCUT2D eigenvalue weighted by Crippen LogP contribution is 2.20. The van der Waals surface area contributed by atoms with E-state index in [4.69, 9.17) is 0 Å². The van der Waals surface area contributed by atoms with E-state index in [1.165, 1.54) is 10.8 Å². The zero-order chi connectivity index (χ0) is 28.7. The molecule has 1 aromatic heterocycles. The van der Waals surface area contributed by atoms with E-state index in [9.17, 15) is 24.8 Å². The van der Waals surface area contributed by atoms with Gasteiger partial charge in [-0.15, -0.1) is 11.3 Å². The Bertz CT molecular complexity index is 1560. The number of carbonyl (C=O) groups is 2. The summed E-state index contributed by atoms with van der Waals surface area (Å²) in [5.74, 6) is -0.800. The molecule has 1 heterocycles. The molecule has 204 valence electrons. The van der Waals surface area contributed by atoms with Gasteiger partial charge in [-0.05, 0) is 37.6 Å². The molecule has 0 fully saturated rings. The summed E-state index contributed by atoms with van der Waals surface area (Å²) < 4.78 is 1.89. The van der Waals surface area contributed by atoms with Crippen LogP contribution in [0, 0.1) is 16.7 Å². The molecule has 39 heavy (non-hydrogen) atoms. The topological polar surface area (TPSA) is 136 Å². The number of thiazole rings is 1. The number of anilines is 2. The summed E-state index contributed by atoms with van der Waals surface area (Å²) in [5, 5.41) is 29.0. The van der Waals surface area contributed by atoms with E-state index in [2.05, 4.69) is 16.0 Å². The van der Waals surface area contributed by atoms with Crippen LogP contribution in [0.25, 0.3) is 11.8 Å². The monoisotopic (exact) mass is 547 g/mol. The van der Waals surface area contributed by atoms with Gasteiger partial charge in [-0.2, -0.15) is 5.26 Å². The van der Waals surface area contributed by atoms with Gasteiger partial charge in [0, 0.05) is 29.5 Å². The number of rotatable bonds is 8. The van der Waals surface area contributed by atoms with Gasteiger partial charge in [0.25, 0.3) is 11.5 Å². The highest BCUT2D eigenvalue weighted by Gasteiger charge is 2.23. The third-order valence-corrected chi connectivity index (χ3v) is 7.05. The first-order valence-corrected chi connectivity index (χ1v) is 13.3. The van der Waals surface area contributed by atoms with Gasteiger partial charge in [-0.1, -0.05) is 57.2 Å². The van der Waals surface area contributed by atoms with E-state index in [1.54, 1.807) is 62.4 Å². The van der Waals surface area contributed by atoms with E-state index >= 15 is 0 Å². The third-order valence-electron chi connectivity index (χ3n) is 5.92. The van der Waals surface area contributed by atoms with Gasteiger partial charge in [0.1, 0.15) is 15.3 Å². The van der Waals surface area contributed by atoms with Crippen LogP contribution in [-0.4, -0.2) is 27.5 Å². The molecule has 0 bridgehead atoms. The van der Waals surface area contributed by atoms with Crippen LogP contribution >= 0.6 is 11.3 Å². The van der Waals surface area contributed by atoms with Crippen molar-refractivity contribution in [1.82, 2.24) is 9.88 Å². The summed E-state index contributed by atoms with van der Waals surface area (Å²) in [6.45, 7) is 9.13. The minimum Gasteiger partial charge on any atom is -0.386 e. The minimum atomic E-state index is -0.969. The van der Waals surface area contributed by atoms with Crippen molar-refractivity contribution in [2.75, 3.05) is 10.6 Å². The SMILES string of the molecule is CCn1c(=O)/c(=C\Nc2cccc(NC(=O)C(C)(C)C)c2)s/c1=C(/C#N)C(=O)N[C@H](C)[C@@H](O)c1ccccc1. The molecule has 4 N–H and O–H groups in total. The molecule has 2 amide bonds. The van der Waals surface area contributed by atoms with Crippen LogP contribution in [0.1, 0.15) is 46.3 Å². The number of hydrogen-bond donors (Lipinski definition) is 4. The summed E-state index contributed by atoms with van der Waals surface area (Å²) in [7, 11) is 0. The molecular formula is C29H33N5O4S. The highest BCUT2D eigenvalue weighted by molar-refractivity contribution is 7.07. The number of amides is 2. The summed E-state index contributed by atoms with van der Waals surface area (Å²) in [4.78, 5) is 38.4. The second kappa shape index (κ2) is 12.6. The molecule has 0 spiro atoms. The minimum absolute atomic E-state index is 0.124. The molecule has 10 heteroatoms. The second-order valence-corrected chi connectivity index (χ2v) is 11.0. The van der Waals surface area contributed by atoms with Crippen LogP contribution in [0.15, 0.2) is 59.4 Å². The normalized spacial score (nSPS) is 14.1. The first-order chi connectivity index (χ1) is 18.5. The lowest BCUT2D eigenvalue weighted by atomic mass is 9.95. The fourth-order valence-corrected chi connectivity index (χ4v) is 4.73. The molecule has 3 aromatic rings. The zero-order valence-corrected chi connectivity index (χ0v) is 23.4. The van der Waals surface area contributed by atoms with Gasteiger partial charge in [-0.25, -0.2) is 0 Å². The first kappa shape index (κ1) is 29.4. The van der Waals surface area contributed by atoms with Crippen LogP contribution in [-0.2, 0) is 16.1 Å². The fourth-order valence-electron chi connectivity index (χ4n) is 3.64. The molecule has 2 aromatic carbocycles. The molecule has 0 unspecified atom stereocenters. The average Bonchev–Trinajstić information content (AvgIpc) is 3.22. The standard InChI is InChI=1S/C29H33N5O4S/c1-6-34-26(37)23(17-31-20-13-10-14-21(15-20)33-28(38)29(3,4)5)39-27(34)22(16-30)25(36)32-18(2)24(35)19-11-8-7-9-12-19/h7-15,17-18,24,31,35H,6H2,1-5H3,(H,32,36)(H,33,38)/b23-17+,27-22-/t18-,24-/m1/s1. The molecule has 0 saturated carbocycles. The first-order valence-electron chi connectivity index (χ1n) is 12.5. The Kier molecular flexibility index (Phi) is 9.46. The molecule has 9 nitrogen and oxygen atoms in total. The molecule has 2 atom stereocenters. The van der Waals surface area contributed by atoms with Crippen molar-refractivity contribution >= 4 is 46.3 Å². The Morgan fingerprint density at radius 1 is 1.13 bits per heavy atom. The largest absolute Gasteiger partial charge is 0.386 e. The number of nitrogens with one attached hydrogen (secondary N) is 3. The third kappa shape index (κ3) is 7.22. The predicted octanol–water partition coefficient (Wildman–Crippen LogP) is 2.68. The Morgan fingerprint density at radius 3 is 2.41 bits per heavy atom. The van der Waals surface area contributed by atoms with Crippen LogP contribution in [0.4, 0.5) is 11.4 Å². The Hall–Kier alpha value is -4.20. The van der Waals surface area contributed by atoms with Crippen molar-refractivity contribution < 1.29 is 14.7 Å². The molecule has 3 rings (SSSR count). The number of benzene rings is 2. The molecule has 0 saturated heterocycles. The van der Waals surface area contributed by atoms with Gasteiger partial charge >= 0.3 is 0 Å². The van der Waals surface area contributed by atoms with Crippen LogP contribution in [0.5, 0.6) is 0 Å². The molecule has 0 aliphatic heterocycles. The van der Waals surface area contributed by atoms with Gasteiger partial charge in [-0.3, -0.25) is 19.0 Å². The summed E-state index contributed by atoms with van der Waals surface area (Å²) in [6, 6.07) is 17.2. The van der Waals surface area contributed by atoms with Crippen LogP contribution in [0.3, 0.4) is 0 Å². The van der Waals surface area contributed by atoms with E-state index in [0.29, 0.717) is 21.5 Å². The summed E-state index contributed by atoms with van der Waals surface area (Å²) in [5.41, 5.74) is 0.778. The van der Waals surface area contributed by atoms with Gasteiger partial charge in [0.05, 0.1) is 12.1 Å². The molecule has 0 aliphatic carbocycles. The summed E-state index contributed by atoms with van der Waals surface area (Å²) in [6.07, 6.45) is 0.547. The Labute approximate surface area is 231 Å². The van der Waals surface area contributed by atoms with E-state index < -0.39 is 23.5 Å². The molecule has 0 radical (unpaired) electrons. The van der Waals surface area contributed by atoms with Crippen molar-refractivity contribution in [2.24, 2.45) is 5.41 Å². The molecular weight excluding hydrogens is 514 g/mol. The zero-order valence-electron chi connectivity index (χ0n) is 22.6. The lowest BCUT2D eigenvalue weighted by Gasteiger charge is -2.20. The number of aliphatic hydroxyl groups excluding tert-OH is 1. The number of hydrogen-bond acceptors (Lipinski definition) is 7. The average molecular weight is 548 g/mol. The number of nitriles is 1. The Balaban J connectivity index is 1.90. The van der Waals surface area contributed by atoms with Gasteiger partial charge < -0.3 is 21.1 Å². The van der Waals surface area contributed by atoms with Crippen molar-refractivity contribution in [3.63, 3.8) is 0 Å². The number of nitrogens with zero attached hydrogens (tertiary/aromatic N) is 2. The lowest BCUT2D eigenvalue weighted by Crippen LogP contribution is -2.40. The number of aromatic nitrogens is 1.